The number of hydrogen-bond donors (Lipinski definition) is 2. The number of ether oxygens (including phenoxy) is 1. The van der Waals surface area contributed by atoms with Crippen LogP contribution in [0.1, 0.15) is 16.9 Å². The third-order valence-electron chi connectivity index (χ3n) is 4.80. The van der Waals surface area contributed by atoms with Crippen molar-refractivity contribution in [2.75, 3.05) is 45.7 Å². The van der Waals surface area contributed by atoms with Crippen LogP contribution < -0.4 is 10.6 Å². The molecular formula is C15H21N5O3. The summed E-state index contributed by atoms with van der Waals surface area (Å²) in [5.74, 6) is 0.409. The lowest BCUT2D eigenvalue weighted by atomic mass is 9.73. The van der Waals surface area contributed by atoms with Crippen LogP contribution in [0.3, 0.4) is 0 Å². The van der Waals surface area contributed by atoms with Crippen molar-refractivity contribution in [1.29, 1.82) is 0 Å². The van der Waals surface area contributed by atoms with E-state index < -0.39 is 5.41 Å². The third kappa shape index (κ3) is 2.63. The molecule has 3 heterocycles. The van der Waals surface area contributed by atoms with Crippen LogP contribution in [0.25, 0.3) is 0 Å². The van der Waals surface area contributed by atoms with Crippen LogP contribution in [-0.2, 0) is 9.53 Å². The Balaban J connectivity index is 1.81. The van der Waals surface area contributed by atoms with Gasteiger partial charge in [-0.15, -0.1) is 0 Å². The van der Waals surface area contributed by atoms with Gasteiger partial charge in [-0.3, -0.25) is 9.59 Å². The van der Waals surface area contributed by atoms with Gasteiger partial charge in [-0.05, 0) is 6.42 Å². The molecule has 0 aromatic carbocycles. The lowest BCUT2D eigenvalue weighted by molar-refractivity contribution is -0.138. The molecule has 3 rings (SSSR count). The predicted octanol–water partition coefficient (Wildman–Crippen LogP) is -0.257. The number of amides is 2. The molecule has 1 aromatic heterocycles. The zero-order chi connectivity index (χ0) is 16.4. The van der Waals surface area contributed by atoms with Gasteiger partial charge in [0.05, 0.1) is 24.4 Å². The molecule has 2 amide bonds. The minimum Gasteiger partial charge on any atom is -0.381 e. The van der Waals surface area contributed by atoms with E-state index in [-0.39, 0.29) is 23.4 Å². The number of carbonyl (C=O) groups excluding carboxylic acids is 2. The first-order chi connectivity index (χ1) is 11.1. The van der Waals surface area contributed by atoms with Crippen molar-refractivity contribution in [3.8, 4) is 0 Å². The van der Waals surface area contributed by atoms with Crippen molar-refractivity contribution in [3.63, 3.8) is 0 Å². The van der Waals surface area contributed by atoms with Gasteiger partial charge in [0.25, 0.3) is 5.91 Å². The number of anilines is 1. The van der Waals surface area contributed by atoms with E-state index in [4.69, 9.17) is 4.74 Å². The van der Waals surface area contributed by atoms with Gasteiger partial charge in [0.15, 0.2) is 0 Å². The minimum atomic E-state index is -0.555. The van der Waals surface area contributed by atoms with E-state index in [2.05, 4.69) is 20.6 Å². The van der Waals surface area contributed by atoms with Gasteiger partial charge < -0.3 is 20.3 Å². The molecule has 0 saturated carbocycles. The first-order valence-electron chi connectivity index (χ1n) is 7.69. The maximum atomic E-state index is 12.7. The smallest absolute Gasteiger partial charge is 0.274 e. The third-order valence-corrected chi connectivity index (χ3v) is 4.80. The van der Waals surface area contributed by atoms with E-state index in [1.54, 1.807) is 19.0 Å². The summed E-state index contributed by atoms with van der Waals surface area (Å²) >= 11 is 0. The fourth-order valence-corrected chi connectivity index (χ4v) is 3.45. The highest BCUT2D eigenvalue weighted by Crippen LogP contribution is 2.42. The van der Waals surface area contributed by atoms with Crippen LogP contribution in [0.4, 0.5) is 5.82 Å². The standard InChI is InChI=1S/C15H21N5O3/c1-16-12-6-18-11(5-19-12)13(21)20-7-10-8-23-4-3-15(10,9-20)14(22)17-2/h5-6,10H,3-4,7-9H2,1-2H3,(H,16,19)(H,17,22)/t10-,15+/m1/s1. The Morgan fingerprint density at radius 1 is 1.35 bits per heavy atom. The summed E-state index contributed by atoms with van der Waals surface area (Å²) in [5.41, 5.74) is -0.267. The van der Waals surface area contributed by atoms with E-state index in [0.717, 1.165) is 0 Å². The molecule has 0 aliphatic carbocycles. The Kier molecular flexibility index (Phi) is 4.16. The fraction of sp³-hybridized carbons (Fsp3) is 0.600. The van der Waals surface area contributed by atoms with Gasteiger partial charge in [-0.2, -0.15) is 0 Å². The molecule has 1 aromatic rings. The molecular weight excluding hydrogens is 298 g/mol. The van der Waals surface area contributed by atoms with Crippen LogP contribution in [0.5, 0.6) is 0 Å². The molecule has 0 bridgehead atoms. The molecule has 2 saturated heterocycles. The molecule has 2 N–H and O–H groups in total. The highest BCUT2D eigenvalue weighted by atomic mass is 16.5. The van der Waals surface area contributed by atoms with Crippen LogP contribution in [-0.4, -0.2) is 67.1 Å². The van der Waals surface area contributed by atoms with E-state index >= 15 is 0 Å². The van der Waals surface area contributed by atoms with Gasteiger partial charge in [0, 0.05) is 39.7 Å². The molecule has 8 heteroatoms. The summed E-state index contributed by atoms with van der Waals surface area (Å²) in [7, 11) is 3.37. The van der Waals surface area contributed by atoms with E-state index in [1.807, 2.05) is 0 Å². The van der Waals surface area contributed by atoms with Crippen molar-refractivity contribution in [2.45, 2.75) is 6.42 Å². The Labute approximate surface area is 134 Å². The minimum absolute atomic E-state index is 0.0160. The molecule has 2 fully saturated rings. The second kappa shape index (κ2) is 6.11. The predicted molar refractivity (Wildman–Crippen MR) is 82.9 cm³/mol. The summed E-state index contributed by atoms with van der Waals surface area (Å²) in [6.45, 7) is 1.95. The summed E-state index contributed by atoms with van der Waals surface area (Å²) in [6, 6.07) is 0. The number of rotatable bonds is 3. The Bertz CT molecular complexity index is 606. The zero-order valence-corrected chi connectivity index (χ0v) is 13.3. The van der Waals surface area contributed by atoms with E-state index in [1.165, 1.54) is 12.4 Å². The monoisotopic (exact) mass is 319 g/mol. The largest absolute Gasteiger partial charge is 0.381 e. The number of hydrogen-bond acceptors (Lipinski definition) is 6. The topological polar surface area (TPSA) is 96.5 Å². The number of aromatic nitrogens is 2. The van der Waals surface area contributed by atoms with Gasteiger partial charge in [0.1, 0.15) is 11.5 Å². The lowest BCUT2D eigenvalue weighted by Crippen LogP contribution is -2.49. The molecule has 2 aliphatic rings. The van der Waals surface area contributed by atoms with Crippen LogP contribution in [0.2, 0.25) is 0 Å². The van der Waals surface area contributed by atoms with Crippen LogP contribution >= 0.6 is 0 Å². The molecule has 0 radical (unpaired) electrons. The van der Waals surface area contributed by atoms with Gasteiger partial charge >= 0.3 is 0 Å². The Hall–Kier alpha value is -2.22. The van der Waals surface area contributed by atoms with Crippen molar-refractivity contribution < 1.29 is 14.3 Å². The quantitative estimate of drug-likeness (QED) is 0.797. The Morgan fingerprint density at radius 2 is 2.17 bits per heavy atom. The number of fused-ring (bicyclic) bond motifs is 1. The van der Waals surface area contributed by atoms with Crippen LogP contribution in [0.15, 0.2) is 12.4 Å². The van der Waals surface area contributed by atoms with Crippen molar-refractivity contribution in [3.05, 3.63) is 18.1 Å². The molecule has 2 aliphatic heterocycles. The summed E-state index contributed by atoms with van der Waals surface area (Å²) in [4.78, 5) is 35.1. The molecule has 0 unspecified atom stereocenters. The number of carbonyl (C=O) groups is 2. The van der Waals surface area contributed by atoms with Crippen molar-refractivity contribution >= 4 is 17.6 Å². The zero-order valence-electron chi connectivity index (χ0n) is 13.3. The summed E-state index contributed by atoms with van der Waals surface area (Å²) in [5, 5.41) is 5.61. The van der Waals surface area contributed by atoms with Gasteiger partial charge in [-0.25, -0.2) is 9.97 Å². The summed E-state index contributed by atoms with van der Waals surface area (Å²) < 4.78 is 5.51. The van der Waals surface area contributed by atoms with E-state index in [0.29, 0.717) is 38.5 Å². The second-order valence-corrected chi connectivity index (χ2v) is 5.98. The van der Waals surface area contributed by atoms with Crippen molar-refractivity contribution in [2.24, 2.45) is 11.3 Å². The fourth-order valence-electron chi connectivity index (χ4n) is 3.45. The highest BCUT2D eigenvalue weighted by molar-refractivity contribution is 5.93. The number of nitrogens with one attached hydrogen (secondary N) is 2. The first kappa shape index (κ1) is 15.7. The SMILES string of the molecule is CNC(=O)[C@]12CCOC[C@H]1CN(C(=O)c1cnc(NC)cn1)C2. The van der Waals surface area contributed by atoms with Gasteiger partial charge in [0.2, 0.25) is 5.91 Å². The van der Waals surface area contributed by atoms with Crippen LogP contribution in [0, 0.1) is 11.3 Å². The molecule has 23 heavy (non-hydrogen) atoms. The highest BCUT2D eigenvalue weighted by Gasteiger charge is 2.54. The first-order valence-corrected chi connectivity index (χ1v) is 7.69. The van der Waals surface area contributed by atoms with Gasteiger partial charge in [-0.1, -0.05) is 0 Å². The molecule has 2 atom stereocenters. The molecule has 8 nitrogen and oxygen atoms in total. The lowest BCUT2D eigenvalue weighted by Gasteiger charge is -2.36. The van der Waals surface area contributed by atoms with Crippen molar-refractivity contribution in [1.82, 2.24) is 20.2 Å². The molecule has 0 spiro atoms. The average Bonchev–Trinajstić information content (AvgIpc) is 3.01. The maximum absolute atomic E-state index is 12.7. The van der Waals surface area contributed by atoms with E-state index in [9.17, 15) is 9.59 Å². The Morgan fingerprint density at radius 3 is 2.83 bits per heavy atom. The second-order valence-electron chi connectivity index (χ2n) is 5.98. The maximum Gasteiger partial charge on any atom is 0.274 e. The number of likely N-dealkylation sites (tertiary alicyclic amines) is 1. The number of nitrogens with zero attached hydrogens (tertiary/aromatic N) is 3. The summed E-state index contributed by atoms with van der Waals surface area (Å²) in [6.07, 6.45) is 3.61. The normalized spacial score (nSPS) is 26.5. The average molecular weight is 319 g/mol. The molecule has 124 valence electrons.